The van der Waals surface area contributed by atoms with Crippen LogP contribution in [0, 0.1) is 0 Å². The Kier molecular flexibility index (Phi) is 5.87. The van der Waals surface area contributed by atoms with E-state index in [2.05, 4.69) is 10.6 Å². The number of hydrogen-bond donors (Lipinski definition) is 3. The van der Waals surface area contributed by atoms with Crippen molar-refractivity contribution in [1.29, 1.82) is 0 Å². The highest BCUT2D eigenvalue weighted by molar-refractivity contribution is 5.89. The van der Waals surface area contributed by atoms with Gasteiger partial charge in [-0.15, -0.1) is 0 Å². The highest BCUT2D eigenvalue weighted by Crippen LogP contribution is 2.37. The van der Waals surface area contributed by atoms with Crippen molar-refractivity contribution >= 4 is 11.7 Å². The van der Waals surface area contributed by atoms with Gasteiger partial charge in [0.05, 0.1) is 25.3 Å². The second-order valence-electron chi connectivity index (χ2n) is 5.16. The van der Waals surface area contributed by atoms with Gasteiger partial charge >= 0.3 is 12.2 Å². The van der Waals surface area contributed by atoms with Crippen LogP contribution in [0.25, 0.3) is 0 Å². The number of urea groups is 1. The Hall–Kier alpha value is -2.74. The number of ether oxygens (including phenoxy) is 1. The molecule has 0 aliphatic rings. The first kappa shape index (κ1) is 18.6. The number of hydrogen-bond acceptors (Lipinski definition) is 3. The van der Waals surface area contributed by atoms with E-state index in [1.165, 1.54) is 6.07 Å². The van der Waals surface area contributed by atoms with E-state index in [-0.39, 0.29) is 18.0 Å². The van der Waals surface area contributed by atoms with Gasteiger partial charge < -0.3 is 20.5 Å². The van der Waals surface area contributed by atoms with Crippen LogP contribution in [0.3, 0.4) is 0 Å². The first-order chi connectivity index (χ1) is 11.8. The molecule has 8 heteroatoms. The van der Waals surface area contributed by atoms with Gasteiger partial charge in [0.15, 0.2) is 0 Å². The van der Waals surface area contributed by atoms with Crippen molar-refractivity contribution in [2.24, 2.45) is 0 Å². The fraction of sp³-hybridized carbons (Fsp3) is 0.235. The molecule has 0 saturated carbocycles. The first-order valence-electron chi connectivity index (χ1n) is 7.33. The summed E-state index contributed by atoms with van der Waals surface area (Å²) < 4.78 is 43.7. The summed E-state index contributed by atoms with van der Waals surface area (Å²) >= 11 is 0. The molecule has 0 radical (unpaired) electrons. The number of alkyl halides is 3. The number of aliphatic hydroxyl groups excluding tert-OH is 1. The summed E-state index contributed by atoms with van der Waals surface area (Å²) in [5.74, 6) is -0.337. The van der Waals surface area contributed by atoms with E-state index in [9.17, 15) is 23.1 Å². The second kappa shape index (κ2) is 7.89. The average molecular weight is 354 g/mol. The predicted octanol–water partition coefficient (Wildman–Crippen LogP) is 3.57. The van der Waals surface area contributed by atoms with Gasteiger partial charge in [0.25, 0.3) is 0 Å². The van der Waals surface area contributed by atoms with Gasteiger partial charge in [-0.3, -0.25) is 0 Å². The van der Waals surface area contributed by atoms with E-state index in [0.29, 0.717) is 5.56 Å². The van der Waals surface area contributed by atoms with Gasteiger partial charge in [-0.1, -0.05) is 30.3 Å². The van der Waals surface area contributed by atoms with Crippen molar-refractivity contribution in [2.45, 2.75) is 12.2 Å². The zero-order valence-electron chi connectivity index (χ0n) is 13.3. The number of rotatable bonds is 5. The molecule has 0 aliphatic carbocycles. The lowest BCUT2D eigenvalue weighted by atomic mass is 10.1. The molecular weight excluding hydrogens is 337 g/mol. The van der Waals surface area contributed by atoms with Crippen LogP contribution in [0.2, 0.25) is 0 Å². The van der Waals surface area contributed by atoms with Crippen molar-refractivity contribution in [3.8, 4) is 5.75 Å². The van der Waals surface area contributed by atoms with Gasteiger partial charge in [-0.2, -0.15) is 13.2 Å². The van der Waals surface area contributed by atoms with Crippen LogP contribution in [0.1, 0.15) is 17.2 Å². The standard InChI is InChI=1S/C17H17F3N2O3/c1-25-15-8-7-12(9-13(15)17(18,19)20)21-16(24)22-14(10-23)11-5-3-2-4-6-11/h2-9,14,23H,10H2,1H3,(H2,21,22,24)/t14-/m0/s1. The number of aliphatic hydroxyl groups is 1. The monoisotopic (exact) mass is 354 g/mol. The van der Waals surface area contributed by atoms with E-state index in [1.54, 1.807) is 30.3 Å². The number of amides is 2. The number of nitrogens with one attached hydrogen (secondary N) is 2. The molecule has 0 fully saturated rings. The van der Waals surface area contributed by atoms with Crippen LogP contribution in [0.4, 0.5) is 23.7 Å². The Labute approximate surface area is 142 Å². The third-order valence-electron chi connectivity index (χ3n) is 3.45. The molecule has 2 aromatic carbocycles. The lowest BCUT2D eigenvalue weighted by molar-refractivity contribution is -0.138. The molecule has 0 bridgehead atoms. The van der Waals surface area contributed by atoms with E-state index >= 15 is 0 Å². The van der Waals surface area contributed by atoms with Crippen LogP contribution in [0.5, 0.6) is 5.75 Å². The zero-order valence-corrected chi connectivity index (χ0v) is 13.3. The number of anilines is 1. The number of carbonyl (C=O) groups excluding carboxylic acids is 1. The highest BCUT2D eigenvalue weighted by atomic mass is 19.4. The Bertz CT molecular complexity index is 721. The normalized spacial score (nSPS) is 12.4. The Morgan fingerprint density at radius 2 is 1.88 bits per heavy atom. The molecule has 0 unspecified atom stereocenters. The summed E-state index contributed by atoms with van der Waals surface area (Å²) in [7, 11) is 1.14. The minimum atomic E-state index is -4.61. The first-order valence-corrected chi connectivity index (χ1v) is 7.33. The van der Waals surface area contributed by atoms with E-state index in [4.69, 9.17) is 4.74 Å². The van der Waals surface area contributed by atoms with E-state index < -0.39 is 23.8 Å². The third-order valence-corrected chi connectivity index (χ3v) is 3.45. The number of benzene rings is 2. The summed E-state index contributed by atoms with van der Waals surface area (Å²) in [6.07, 6.45) is -4.61. The molecule has 1 atom stereocenters. The second-order valence-corrected chi connectivity index (χ2v) is 5.16. The molecular formula is C17H17F3N2O3. The molecule has 134 valence electrons. The van der Waals surface area contributed by atoms with Gasteiger partial charge in [-0.25, -0.2) is 4.79 Å². The molecule has 25 heavy (non-hydrogen) atoms. The maximum atomic E-state index is 13.0. The number of methoxy groups -OCH3 is 1. The van der Waals surface area contributed by atoms with Crippen molar-refractivity contribution in [1.82, 2.24) is 5.32 Å². The van der Waals surface area contributed by atoms with Crippen molar-refractivity contribution in [3.63, 3.8) is 0 Å². The smallest absolute Gasteiger partial charge is 0.420 e. The number of halogens is 3. The molecule has 0 aliphatic heterocycles. The van der Waals surface area contributed by atoms with Gasteiger partial charge in [0.1, 0.15) is 5.75 Å². The average Bonchev–Trinajstić information content (AvgIpc) is 2.59. The van der Waals surface area contributed by atoms with Crippen molar-refractivity contribution < 1.29 is 27.8 Å². The molecule has 0 spiro atoms. The third kappa shape index (κ3) is 4.87. The van der Waals surface area contributed by atoms with E-state index in [0.717, 1.165) is 19.2 Å². The molecule has 0 heterocycles. The lowest BCUT2D eigenvalue weighted by Crippen LogP contribution is -2.34. The summed E-state index contributed by atoms with van der Waals surface area (Å²) in [5, 5.41) is 14.2. The SMILES string of the molecule is COc1ccc(NC(=O)N[C@@H](CO)c2ccccc2)cc1C(F)(F)F. The van der Waals surface area contributed by atoms with Gasteiger partial charge in [0, 0.05) is 5.69 Å². The zero-order chi connectivity index (χ0) is 18.4. The van der Waals surface area contributed by atoms with Crippen LogP contribution in [-0.4, -0.2) is 24.9 Å². The molecule has 2 amide bonds. The minimum absolute atomic E-state index is 0.0459. The van der Waals surface area contributed by atoms with Crippen LogP contribution < -0.4 is 15.4 Å². The summed E-state index contributed by atoms with van der Waals surface area (Å²) in [6, 6.07) is 10.5. The molecule has 3 N–H and O–H groups in total. The summed E-state index contributed by atoms with van der Waals surface area (Å²) in [6.45, 7) is -0.353. The van der Waals surface area contributed by atoms with Gasteiger partial charge in [0.2, 0.25) is 0 Å². The van der Waals surface area contributed by atoms with E-state index in [1.807, 2.05) is 0 Å². The maximum absolute atomic E-state index is 13.0. The topological polar surface area (TPSA) is 70.6 Å². The Morgan fingerprint density at radius 1 is 1.20 bits per heavy atom. The fourth-order valence-corrected chi connectivity index (χ4v) is 2.25. The Balaban J connectivity index is 2.12. The Morgan fingerprint density at radius 3 is 2.44 bits per heavy atom. The largest absolute Gasteiger partial charge is 0.496 e. The molecule has 0 aromatic heterocycles. The predicted molar refractivity (Wildman–Crippen MR) is 86.4 cm³/mol. The van der Waals surface area contributed by atoms with Crippen molar-refractivity contribution in [3.05, 3.63) is 59.7 Å². The highest BCUT2D eigenvalue weighted by Gasteiger charge is 2.34. The lowest BCUT2D eigenvalue weighted by Gasteiger charge is -2.18. The minimum Gasteiger partial charge on any atom is -0.496 e. The quantitative estimate of drug-likeness (QED) is 0.769. The van der Waals surface area contributed by atoms with Gasteiger partial charge in [-0.05, 0) is 23.8 Å². The van der Waals surface area contributed by atoms with Crippen LogP contribution in [0.15, 0.2) is 48.5 Å². The summed E-state index contributed by atoms with van der Waals surface area (Å²) in [5.41, 5.74) is -0.365. The summed E-state index contributed by atoms with van der Waals surface area (Å²) in [4.78, 5) is 12.0. The molecule has 5 nitrogen and oxygen atoms in total. The fourth-order valence-electron chi connectivity index (χ4n) is 2.25. The van der Waals surface area contributed by atoms with Crippen LogP contribution in [-0.2, 0) is 6.18 Å². The molecule has 0 saturated heterocycles. The van der Waals surface area contributed by atoms with Crippen LogP contribution >= 0.6 is 0 Å². The number of carbonyl (C=O) groups is 1. The van der Waals surface area contributed by atoms with Crippen molar-refractivity contribution in [2.75, 3.05) is 19.0 Å². The molecule has 2 aromatic rings. The maximum Gasteiger partial charge on any atom is 0.420 e. The molecule has 2 rings (SSSR count).